The number of nitrogens with zero attached hydrogens (tertiary/aromatic N) is 1. The minimum absolute atomic E-state index is 0.212. The summed E-state index contributed by atoms with van der Waals surface area (Å²) in [7, 11) is 2.34. The number of carbonyl (C=O) groups excluding carboxylic acids is 2. The molecule has 0 aliphatic carbocycles. The number of hydrogen-bond donors (Lipinski definition) is 4. The predicted octanol–water partition coefficient (Wildman–Crippen LogP) is 1.46. The molecule has 1 amide bonds. The van der Waals surface area contributed by atoms with Gasteiger partial charge in [-0.3, -0.25) is 15.5 Å². The third-order valence-corrected chi connectivity index (χ3v) is 3.90. The minimum atomic E-state index is -0.876. The number of allylic oxidation sites excluding steroid dienone is 1. The number of carbonyl (C=O) groups is 2. The third-order valence-electron chi connectivity index (χ3n) is 2.57. The number of aldehydes is 1. The van der Waals surface area contributed by atoms with Crippen LogP contribution in [0.25, 0.3) is 5.57 Å². The fourth-order valence-electron chi connectivity index (χ4n) is 1.71. The predicted molar refractivity (Wildman–Crippen MR) is 96.0 cm³/mol. The van der Waals surface area contributed by atoms with E-state index in [-0.39, 0.29) is 22.1 Å². The van der Waals surface area contributed by atoms with Crippen molar-refractivity contribution >= 4 is 49.5 Å². The molecule has 1 aromatic heterocycles. The van der Waals surface area contributed by atoms with Crippen LogP contribution in [0.15, 0.2) is 6.20 Å². The Morgan fingerprint density at radius 1 is 1.54 bits per heavy atom. The molecule has 0 bridgehead atoms. The standard InChI is InChI=1S/C14H21N4O4PS/c1-7(20)11-10(8(5-16-23)9(15)6-19)17-12(24-11)18-13(21)22-14(2,3)4/h5-7,15-16,20H,23H2,1-4H3,(H,17,18,21)/p+1/b8-5+,15-9?. The maximum atomic E-state index is 11.9. The van der Waals surface area contributed by atoms with Crippen LogP contribution in [0.2, 0.25) is 0 Å². The summed E-state index contributed by atoms with van der Waals surface area (Å²) in [4.78, 5) is 27.5. The van der Waals surface area contributed by atoms with Gasteiger partial charge >= 0.3 is 6.09 Å². The summed E-state index contributed by atoms with van der Waals surface area (Å²) in [6, 6.07) is 0. The van der Waals surface area contributed by atoms with Gasteiger partial charge in [-0.1, -0.05) is 11.3 Å². The molecular weight excluding hydrogens is 351 g/mol. The molecule has 5 N–H and O–H groups in total. The summed E-state index contributed by atoms with van der Waals surface area (Å²) in [5, 5.41) is 22.0. The number of nitrogens with two attached hydrogens (primary N) is 1. The number of nitrogens with one attached hydrogen (secondary N) is 2. The van der Waals surface area contributed by atoms with Gasteiger partial charge in [0, 0.05) is 0 Å². The van der Waals surface area contributed by atoms with Crippen molar-refractivity contribution in [2.45, 2.75) is 39.4 Å². The van der Waals surface area contributed by atoms with E-state index in [9.17, 15) is 14.7 Å². The van der Waals surface area contributed by atoms with Gasteiger partial charge in [0.1, 0.15) is 17.5 Å². The van der Waals surface area contributed by atoms with E-state index in [2.05, 4.69) is 19.7 Å². The molecule has 8 nitrogen and oxygen atoms in total. The highest BCUT2D eigenvalue weighted by Crippen LogP contribution is 2.33. The summed E-state index contributed by atoms with van der Waals surface area (Å²) in [6.07, 6.45) is 0.374. The molecule has 0 aromatic carbocycles. The zero-order chi connectivity index (χ0) is 18.5. The van der Waals surface area contributed by atoms with Gasteiger partial charge in [0.15, 0.2) is 11.4 Å². The summed E-state index contributed by atoms with van der Waals surface area (Å²) in [5.74, 6) is 0. The Balaban J connectivity index is 3.20. The highest BCUT2D eigenvalue weighted by molar-refractivity contribution is 7.16. The van der Waals surface area contributed by atoms with Crippen molar-refractivity contribution in [2.24, 2.45) is 0 Å². The van der Waals surface area contributed by atoms with E-state index in [1.807, 2.05) is 0 Å². The van der Waals surface area contributed by atoms with Crippen LogP contribution in [0.4, 0.5) is 9.93 Å². The molecule has 1 rings (SSSR count). The van der Waals surface area contributed by atoms with Crippen molar-refractivity contribution < 1.29 is 24.5 Å². The first-order valence-electron chi connectivity index (χ1n) is 7.07. The highest BCUT2D eigenvalue weighted by atomic mass is 32.1. The fourth-order valence-corrected chi connectivity index (χ4v) is 2.80. The molecule has 0 aliphatic rings. The number of ether oxygens (including phenoxy) is 1. The minimum Gasteiger partial charge on any atom is -0.444 e. The first-order chi connectivity index (χ1) is 11.1. The van der Waals surface area contributed by atoms with Crippen LogP contribution in [0.1, 0.15) is 44.4 Å². The number of hydrogen-bond acceptors (Lipinski definition) is 7. The van der Waals surface area contributed by atoms with Crippen LogP contribution in [0, 0.1) is 5.41 Å². The Hall–Kier alpha value is -1.67. The average molecular weight is 373 g/mol. The lowest BCUT2D eigenvalue weighted by atomic mass is 10.1. The van der Waals surface area contributed by atoms with Gasteiger partial charge in [0.05, 0.1) is 31.6 Å². The Kier molecular flexibility index (Phi) is 7.16. The number of amides is 1. The number of quaternary nitrogens is 1. The lowest BCUT2D eigenvalue weighted by Crippen LogP contribution is -2.63. The van der Waals surface area contributed by atoms with E-state index in [1.165, 1.54) is 6.20 Å². The molecule has 2 atom stereocenters. The molecule has 0 saturated heterocycles. The Morgan fingerprint density at radius 2 is 2.17 bits per heavy atom. The Labute approximate surface area is 146 Å². The molecule has 0 radical (unpaired) electrons. The summed E-state index contributed by atoms with van der Waals surface area (Å²) in [5.41, 5.74) is -0.401. The smallest absolute Gasteiger partial charge is 0.413 e. The number of aliphatic hydroxyl groups excluding tert-OH is 1. The van der Waals surface area contributed by atoms with E-state index in [1.54, 1.807) is 32.8 Å². The Morgan fingerprint density at radius 3 is 2.62 bits per heavy atom. The van der Waals surface area contributed by atoms with Crippen molar-refractivity contribution in [1.82, 2.24) is 4.98 Å². The van der Waals surface area contributed by atoms with E-state index < -0.39 is 17.8 Å². The number of aliphatic hydroxyl groups is 1. The van der Waals surface area contributed by atoms with E-state index in [4.69, 9.17) is 10.1 Å². The van der Waals surface area contributed by atoms with Crippen LogP contribution < -0.4 is 10.4 Å². The van der Waals surface area contributed by atoms with Crippen molar-refractivity contribution in [1.29, 1.82) is 5.41 Å². The van der Waals surface area contributed by atoms with Crippen molar-refractivity contribution in [3.63, 3.8) is 0 Å². The number of anilines is 1. The molecule has 10 heteroatoms. The van der Waals surface area contributed by atoms with Crippen LogP contribution >= 0.6 is 20.7 Å². The molecule has 1 aromatic rings. The van der Waals surface area contributed by atoms with Gasteiger partial charge < -0.3 is 14.9 Å². The monoisotopic (exact) mass is 373 g/mol. The van der Waals surface area contributed by atoms with Crippen LogP contribution in [-0.2, 0) is 9.53 Å². The molecule has 24 heavy (non-hydrogen) atoms. The van der Waals surface area contributed by atoms with Crippen molar-refractivity contribution in [3.8, 4) is 0 Å². The second kappa shape index (κ2) is 8.43. The maximum absolute atomic E-state index is 11.9. The summed E-state index contributed by atoms with van der Waals surface area (Å²) >= 11 is 1.06. The van der Waals surface area contributed by atoms with Crippen molar-refractivity contribution in [3.05, 3.63) is 16.8 Å². The SMILES string of the molecule is CC(O)c1sc(NC(=O)OC(C)(C)C)nc1/C(=C/[NH2+]P)C(=N)C=O. The zero-order valence-electron chi connectivity index (χ0n) is 13.9. The topological polar surface area (TPSA) is 129 Å². The average Bonchev–Trinajstić information content (AvgIpc) is 2.85. The molecule has 2 unspecified atom stereocenters. The first kappa shape index (κ1) is 20.4. The van der Waals surface area contributed by atoms with Gasteiger partial charge in [-0.05, 0) is 27.7 Å². The van der Waals surface area contributed by atoms with Gasteiger partial charge in [0.2, 0.25) is 0 Å². The number of aromatic nitrogens is 1. The second-order valence-electron chi connectivity index (χ2n) is 5.84. The highest BCUT2D eigenvalue weighted by Gasteiger charge is 2.24. The van der Waals surface area contributed by atoms with Crippen LogP contribution in [0.5, 0.6) is 0 Å². The van der Waals surface area contributed by atoms with Crippen LogP contribution in [-0.4, -0.2) is 33.8 Å². The molecule has 0 saturated carbocycles. The normalized spacial score (nSPS) is 13.3. The maximum Gasteiger partial charge on any atom is 0.413 e. The largest absolute Gasteiger partial charge is 0.444 e. The Bertz CT molecular complexity index is 664. The lowest BCUT2D eigenvalue weighted by molar-refractivity contribution is -0.400. The van der Waals surface area contributed by atoms with Gasteiger partial charge in [0.25, 0.3) is 0 Å². The van der Waals surface area contributed by atoms with E-state index in [0.717, 1.165) is 11.3 Å². The van der Waals surface area contributed by atoms with Crippen LogP contribution in [0.3, 0.4) is 0 Å². The number of thiazole rings is 1. The third kappa shape index (κ3) is 5.76. The van der Waals surface area contributed by atoms with Gasteiger partial charge in [-0.2, -0.15) is 0 Å². The van der Waals surface area contributed by atoms with E-state index in [0.29, 0.717) is 11.2 Å². The molecule has 132 valence electrons. The molecule has 0 spiro atoms. The second-order valence-corrected chi connectivity index (χ2v) is 7.25. The quantitative estimate of drug-likeness (QED) is 0.341. The molecule has 0 fully saturated rings. The first-order valence-corrected chi connectivity index (χ1v) is 8.55. The van der Waals surface area contributed by atoms with Gasteiger partial charge in [-0.25, -0.2) is 9.78 Å². The molecule has 1 heterocycles. The van der Waals surface area contributed by atoms with Crippen molar-refractivity contribution in [2.75, 3.05) is 5.32 Å². The molecular formula is C14H22N4O4PS+. The zero-order valence-corrected chi connectivity index (χ0v) is 15.9. The van der Waals surface area contributed by atoms with Gasteiger partial charge in [-0.15, -0.1) is 0 Å². The lowest BCUT2D eigenvalue weighted by Gasteiger charge is -2.18. The summed E-state index contributed by atoms with van der Waals surface area (Å²) in [6.45, 7) is 6.76. The molecule has 0 aliphatic heterocycles. The fraction of sp³-hybridized carbons (Fsp3) is 0.429. The number of rotatable bonds is 6. The summed E-state index contributed by atoms with van der Waals surface area (Å²) < 4.78 is 5.16. The van der Waals surface area contributed by atoms with E-state index >= 15 is 0 Å².